The summed E-state index contributed by atoms with van der Waals surface area (Å²) in [5.41, 5.74) is 0. The van der Waals surface area contributed by atoms with Crippen molar-refractivity contribution >= 4 is 11.9 Å². The molecule has 1 aliphatic heterocycles. The number of esters is 2. The van der Waals surface area contributed by atoms with E-state index in [0.29, 0.717) is 6.42 Å². The first-order valence-electron chi connectivity index (χ1n) is 22.9. The van der Waals surface area contributed by atoms with Gasteiger partial charge < -0.3 is 39.4 Å². The summed E-state index contributed by atoms with van der Waals surface area (Å²) in [7, 11) is 0. The van der Waals surface area contributed by atoms with Crippen LogP contribution in [0.2, 0.25) is 0 Å². The van der Waals surface area contributed by atoms with E-state index in [2.05, 4.69) is 38.2 Å². The SMILES string of the molecule is CCCCC/C=C\C/C=C\CCCCCCCCCCCC(=O)OC(COC(=O)CCCCCCCCCCCCCC)COC1OC(CO)C(O)C(O)C1O. The van der Waals surface area contributed by atoms with Gasteiger partial charge in [0, 0.05) is 12.8 Å². The molecular formula is C46H84O10. The first-order chi connectivity index (χ1) is 27.3. The molecule has 0 saturated carbocycles. The Balaban J connectivity index is 2.30. The van der Waals surface area contributed by atoms with Crippen molar-refractivity contribution in [2.45, 2.75) is 237 Å². The van der Waals surface area contributed by atoms with E-state index < -0.39 is 49.4 Å². The lowest BCUT2D eigenvalue weighted by Gasteiger charge is -2.39. The van der Waals surface area contributed by atoms with Crippen LogP contribution in [0.1, 0.15) is 200 Å². The lowest BCUT2D eigenvalue weighted by Crippen LogP contribution is -2.59. The molecule has 0 aromatic carbocycles. The predicted molar refractivity (Wildman–Crippen MR) is 224 cm³/mol. The van der Waals surface area contributed by atoms with Gasteiger partial charge in [0.2, 0.25) is 0 Å². The van der Waals surface area contributed by atoms with Crippen LogP contribution < -0.4 is 0 Å². The van der Waals surface area contributed by atoms with E-state index in [1.807, 2.05) is 0 Å². The van der Waals surface area contributed by atoms with Gasteiger partial charge in [-0.15, -0.1) is 0 Å². The first kappa shape index (κ1) is 52.2. The van der Waals surface area contributed by atoms with E-state index in [9.17, 15) is 30.0 Å². The van der Waals surface area contributed by atoms with Crippen LogP contribution in [0.3, 0.4) is 0 Å². The van der Waals surface area contributed by atoms with E-state index in [1.54, 1.807) is 0 Å². The Hall–Kier alpha value is -1.82. The Morgan fingerprint density at radius 2 is 1.00 bits per heavy atom. The number of allylic oxidation sites excluding steroid dienone is 4. The van der Waals surface area contributed by atoms with Crippen molar-refractivity contribution in [3.8, 4) is 0 Å². The summed E-state index contributed by atoms with van der Waals surface area (Å²) >= 11 is 0. The molecule has 1 aliphatic rings. The lowest BCUT2D eigenvalue weighted by atomic mass is 9.99. The molecule has 0 aliphatic carbocycles. The third-order valence-corrected chi connectivity index (χ3v) is 10.6. The van der Waals surface area contributed by atoms with Crippen molar-refractivity contribution in [1.29, 1.82) is 0 Å². The minimum absolute atomic E-state index is 0.215. The molecule has 0 bridgehead atoms. The van der Waals surface area contributed by atoms with Gasteiger partial charge in [0.05, 0.1) is 13.2 Å². The monoisotopic (exact) mass is 797 g/mol. The predicted octanol–water partition coefficient (Wildman–Crippen LogP) is 9.72. The Morgan fingerprint density at radius 3 is 1.52 bits per heavy atom. The van der Waals surface area contributed by atoms with Crippen molar-refractivity contribution in [2.24, 2.45) is 0 Å². The maximum absolute atomic E-state index is 12.8. The fourth-order valence-electron chi connectivity index (χ4n) is 6.92. The highest BCUT2D eigenvalue weighted by atomic mass is 16.7. The van der Waals surface area contributed by atoms with Crippen LogP contribution in [0.5, 0.6) is 0 Å². The summed E-state index contributed by atoms with van der Waals surface area (Å²) in [6, 6.07) is 0. The van der Waals surface area contributed by atoms with E-state index in [-0.39, 0.29) is 32.0 Å². The number of hydrogen-bond donors (Lipinski definition) is 4. The van der Waals surface area contributed by atoms with Gasteiger partial charge in [0.25, 0.3) is 0 Å². The summed E-state index contributed by atoms with van der Waals surface area (Å²) in [5.74, 6) is -0.805. The molecule has 1 heterocycles. The smallest absolute Gasteiger partial charge is 0.306 e. The average molecular weight is 797 g/mol. The molecular weight excluding hydrogens is 712 g/mol. The number of rotatable bonds is 38. The Bertz CT molecular complexity index is 970. The number of aliphatic hydroxyl groups excluding tert-OH is 4. The third-order valence-electron chi connectivity index (χ3n) is 10.6. The van der Waals surface area contributed by atoms with Gasteiger partial charge in [-0.2, -0.15) is 0 Å². The van der Waals surface area contributed by atoms with Gasteiger partial charge in [-0.25, -0.2) is 0 Å². The maximum atomic E-state index is 12.8. The molecule has 1 saturated heterocycles. The van der Waals surface area contributed by atoms with Crippen LogP contribution in [0.15, 0.2) is 24.3 Å². The molecule has 0 amide bonds. The number of carbonyl (C=O) groups excluding carboxylic acids is 2. The van der Waals surface area contributed by atoms with Crippen LogP contribution in [-0.2, 0) is 28.5 Å². The van der Waals surface area contributed by atoms with E-state index in [0.717, 1.165) is 51.4 Å². The summed E-state index contributed by atoms with van der Waals surface area (Å²) < 4.78 is 22.2. The number of hydrogen-bond acceptors (Lipinski definition) is 10. The molecule has 1 fully saturated rings. The van der Waals surface area contributed by atoms with Crippen LogP contribution in [0, 0.1) is 0 Å². The molecule has 4 N–H and O–H groups in total. The highest BCUT2D eigenvalue weighted by Crippen LogP contribution is 2.23. The molecule has 0 aromatic rings. The van der Waals surface area contributed by atoms with Crippen molar-refractivity contribution < 1.29 is 49.0 Å². The van der Waals surface area contributed by atoms with Crippen molar-refractivity contribution in [3.05, 3.63) is 24.3 Å². The quantitative estimate of drug-likeness (QED) is 0.0270. The largest absolute Gasteiger partial charge is 0.462 e. The van der Waals surface area contributed by atoms with E-state index >= 15 is 0 Å². The van der Waals surface area contributed by atoms with Gasteiger partial charge in [-0.3, -0.25) is 9.59 Å². The van der Waals surface area contributed by atoms with Gasteiger partial charge in [0.15, 0.2) is 12.4 Å². The summed E-state index contributed by atoms with van der Waals surface area (Å²) in [6.07, 6.45) is 33.2. The van der Waals surface area contributed by atoms with Crippen molar-refractivity contribution in [2.75, 3.05) is 19.8 Å². The normalized spacial score (nSPS) is 20.6. The zero-order valence-electron chi connectivity index (χ0n) is 35.6. The highest BCUT2D eigenvalue weighted by Gasteiger charge is 2.44. The molecule has 10 nitrogen and oxygen atoms in total. The van der Waals surface area contributed by atoms with Gasteiger partial charge in [0.1, 0.15) is 31.0 Å². The zero-order chi connectivity index (χ0) is 40.9. The molecule has 6 atom stereocenters. The number of aliphatic hydroxyl groups is 4. The van der Waals surface area contributed by atoms with Gasteiger partial charge in [-0.05, 0) is 44.9 Å². The summed E-state index contributed by atoms with van der Waals surface area (Å²) in [4.78, 5) is 25.3. The summed E-state index contributed by atoms with van der Waals surface area (Å²) in [6.45, 7) is 3.40. The zero-order valence-corrected chi connectivity index (χ0v) is 35.6. The van der Waals surface area contributed by atoms with E-state index in [4.69, 9.17) is 18.9 Å². The van der Waals surface area contributed by atoms with Gasteiger partial charge in [-0.1, -0.05) is 167 Å². The standard InChI is InChI=1S/C46H84O10/c1-3-5-7-9-11-13-15-17-18-19-20-21-22-23-25-27-29-31-33-35-42(49)55-39(38-54-46-45(52)44(51)43(50)40(36-47)56-46)37-53-41(48)34-32-30-28-26-24-16-14-12-10-8-6-4-2/h11,13,17-18,39-40,43-47,50-52H,3-10,12,14-16,19-38H2,1-2H3/b13-11-,18-17-. The molecule has 6 unspecified atom stereocenters. The maximum Gasteiger partial charge on any atom is 0.306 e. The highest BCUT2D eigenvalue weighted by molar-refractivity contribution is 5.70. The number of ether oxygens (including phenoxy) is 4. The fourth-order valence-corrected chi connectivity index (χ4v) is 6.92. The third kappa shape index (κ3) is 28.6. The topological polar surface area (TPSA) is 152 Å². The minimum Gasteiger partial charge on any atom is -0.462 e. The second-order valence-electron chi connectivity index (χ2n) is 15.9. The van der Waals surface area contributed by atoms with Crippen molar-refractivity contribution in [1.82, 2.24) is 0 Å². The molecule has 328 valence electrons. The first-order valence-corrected chi connectivity index (χ1v) is 22.9. The van der Waals surface area contributed by atoms with Gasteiger partial charge >= 0.3 is 11.9 Å². The number of unbranched alkanes of at least 4 members (excludes halogenated alkanes) is 23. The lowest BCUT2D eigenvalue weighted by molar-refractivity contribution is -0.305. The Morgan fingerprint density at radius 1 is 0.554 bits per heavy atom. The van der Waals surface area contributed by atoms with Crippen LogP contribution >= 0.6 is 0 Å². The van der Waals surface area contributed by atoms with Crippen LogP contribution in [0.25, 0.3) is 0 Å². The fraction of sp³-hybridized carbons (Fsp3) is 0.870. The minimum atomic E-state index is -1.59. The number of carbonyl (C=O) groups is 2. The van der Waals surface area contributed by atoms with Crippen LogP contribution in [-0.4, -0.2) is 89.0 Å². The summed E-state index contributed by atoms with van der Waals surface area (Å²) in [5, 5.41) is 40.1. The van der Waals surface area contributed by atoms with E-state index in [1.165, 1.54) is 116 Å². The van der Waals surface area contributed by atoms with Crippen LogP contribution in [0.4, 0.5) is 0 Å². The molecule has 1 rings (SSSR count). The Labute approximate surface area is 341 Å². The second-order valence-corrected chi connectivity index (χ2v) is 15.9. The average Bonchev–Trinajstić information content (AvgIpc) is 3.19. The molecule has 0 spiro atoms. The molecule has 0 radical (unpaired) electrons. The van der Waals surface area contributed by atoms with Crippen molar-refractivity contribution in [3.63, 3.8) is 0 Å². The molecule has 10 heteroatoms. The Kier molecular flexibility index (Phi) is 34.9. The molecule has 56 heavy (non-hydrogen) atoms. The second kappa shape index (κ2) is 37.5. The molecule has 0 aromatic heterocycles.